The van der Waals surface area contributed by atoms with E-state index >= 15 is 0 Å². The number of esters is 1. The van der Waals surface area contributed by atoms with Gasteiger partial charge in [0.15, 0.2) is 0 Å². The number of nitrogens with zero attached hydrogens (tertiary/aromatic N) is 2. The van der Waals surface area contributed by atoms with Crippen LogP contribution in [0.2, 0.25) is 0 Å². The average Bonchev–Trinajstić information content (AvgIpc) is 3.15. The molecule has 0 aromatic heterocycles. The number of methoxy groups -OCH3 is 1. The van der Waals surface area contributed by atoms with Gasteiger partial charge in [-0.25, -0.2) is 13.2 Å². The quantitative estimate of drug-likeness (QED) is 0.729. The molecular formula is C17H26ClN3O4S. The smallest absolute Gasteiger partial charge is 0.337 e. The van der Waals surface area contributed by atoms with Gasteiger partial charge in [-0.15, -0.1) is 12.4 Å². The summed E-state index contributed by atoms with van der Waals surface area (Å²) in [6.45, 7) is 4.62. The third-order valence-electron chi connectivity index (χ3n) is 4.91. The van der Waals surface area contributed by atoms with Crippen molar-refractivity contribution >= 4 is 28.4 Å². The lowest BCUT2D eigenvalue weighted by molar-refractivity contribution is 0.0600. The van der Waals surface area contributed by atoms with Crippen molar-refractivity contribution in [1.29, 1.82) is 0 Å². The molecule has 2 fully saturated rings. The fourth-order valence-electron chi connectivity index (χ4n) is 3.51. The molecule has 2 saturated heterocycles. The molecule has 2 aliphatic heterocycles. The first-order valence-electron chi connectivity index (χ1n) is 8.59. The summed E-state index contributed by atoms with van der Waals surface area (Å²) in [6, 6.07) is 7.15. The Morgan fingerprint density at radius 3 is 2.62 bits per heavy atom. The maximum Gasteiger partial charge on any atom is 0.337 e. The van der Waals surface area contributed by atoms with E-state index in [1.165, 1.54) is 7.11 Å². The molecular weight excluding hydrogens is 378 g/mol. The predicted octanol–water partition coefficient (Wildman–Crippen LogP) is 0.704. The Morgan fingerprint density at radius 1 is 1.27 bits per heavy atom. The number of hydrogen-bond acceptors (Lipinski definition) is 6. The highest BCUT2D eigenvalue weighted by Crippen LogP contribution is 2.17. The molecule has 0 bridgehead atoms. The number of piperazine rings is 1. The number of carbonyl (C=O) groups excluding carboxylic acids is 1. The summed E-state index contributed by atoms with van der Waals surface area (Å²) >= 11 is 0. The van der Waals surface area contributed by atoms with Crippen LogP contribution in [0.5, 0.6) is 0 Å². The van der Waals surface area contributed by atoms with Crippen molar-refractivity contribution in [3.8, 4) is 0 Å². The second-order valence-corrected chi connectivity index (χ2v) is 8.50. The number of halogens is 1. The van der Waals surface area contributed by atoms with Crippen molar-refractivity contribution in [3.63, 3.8) is 0 Å². The zero-order valence-corrected chi connectivity index (χ0v) is 16.5. The van der Waals surface area contributed by atoms with Crippen LogP contribution in [0.1, 0.15) is 22.3 Å². The van der Waals surface area contributed by atoms with Crippen molar-refractivity contribution in [3.05, 3.63) is 35.4 Å². The summed E-state index contributed by atoms with van der Waals surface area (Å²) in [4.78, 5) is 14.0. The van der Waals surface area contributed by atoms with Gasteiger partial charge in [0.1, 0.15) is 0 Å². The van der Waals surface area contributed by atoms with E-state index in [-0.39, 0.29) is 18.2 Å². The molecule has 2 aliphatic rings. The van der Waals surface area contributed by atoms with Gasteiger partial charge in [0.2, 0.25) is 10.0 Å². The van der Waals surface area contributed by atoms with E-state index in [2.05, 4.69) is 15.0 Å². The number of nitrogens with one attached hydrogen (secondary N) is 1. The standard InChI is InChI=1S/C17H25N3O4S.ClH/c1-24-17(21)15-4-2-3-14(11-15)13-25(22,23)20-9-7-19(8-10-20)16-5-6-18-12-16;/h2-4,11,16,18H,5-10,12-13H2,1H3;1H. The molecule has 26 heavy (non-hydrogen) atoms. The first kappa shape index (κ1) is 21.1. The van der Waals surface area contributed by atoms with Crippen LogP contribution in [0, 0.1) is 0 Å². The van der Waals surface area contributed by atoms with Crippen LogP contribution in [0.4, 0.5) is 0 Å². The van der Waals surface area contributed by atoms with Crippen LogP contribution >= 0.6 is 12.4 Å². The summed E-state index contributed by atoms with van der Waals surface area (Å²) in [5, 5.41) is 3.35. The maximum atomic E-state index is 12.7. The Morgan fingerprint density at radius 2 is 2.00 bits per heavy atom. The van der Waals surface area contributed by atoms with Crippen LogP contribution < -0.4 is 5.32 Å². The highest BCUT2D eigenvalue weighted by molar-refractivity contribution is 7.88. The largest absolute Gasteiger partial charge is 0.465 e. The van der Waals surface area contributed by atoms with Crippen LogP contribution in [-0.2, 0) is 20.5 Å². The van der Waals surface area contributed by atoms with Gasteiger partial charge in [-0.05, 0) is 30.7 Å². The van der Waals surface area contributed by atoms with Gasteiger partial charge in [0.05, 0.1) is 18.4 Å². The fourth-order valence-corrected chi connectivity index (χ4v) is 5.01. The molecule has 0 aliphatic carbocycles. The fraction of sp³-hybridized carbons (Fsp3) is 0.588. The third-order valence-corrected chi connectivity index (χ3v) is 6.76. The number of benzene rings is 1. The molecule has 7 nitrogen and oxygen atoms in total. The third kappa shape index (κ3) is 4.95. The first-order chi connectivity index (χ1) is 12.0. The highest BCUT2D eigenvalue weighted by Gasteiger charge is 2.31. The molecule has 0 radical (unpaired) electrons. The molecule has 1 aromatic rings. The zero-order chi connectivity index (χ0) is 17.9. The average molecular weight is 404 g/mol. The summed E-state index contributed by atoms with van der Waals surface area (Å²) in [6.07, 6.45) is 1.13. The Balaban J connectivity index is 0.00000243. The van der Waals surface area contributed by atoms with Crippen LogP contribution in [-0.4, -0.2) is 76.0 Å². The first-order valence-corrected chi connectivity index (χ1v) is 10.2. The summed E-state index contributed by atoms with van der Waals surface area (Å²) in [7, 11) is -2.08. The minimum Gasteiger partial charge on any atom is -0.465 e. The number of hydrogen-bond donors (Lipinski definition) is 1. The minimum absolute atomic E-state index is 0. The Bertz CT molecular complexity index is 714. The molecule has 1 N–H and O–H groups in total. The highest BCUT2D eigenvalue weighted by atomic mass is 35.5. The Hall–Kier alpha value is -1.19. The minimum atomic E-state index is -3.39. The number of rotatable bonds is 5. The molecule has 1 unspecified atom stereocenters. The van der Waals surface area contributed by atoms with E-state index in [0.717, 1.165) is 32.6 Å². The van der Waals surface area contributed by atoms with Crippen molar-refractivity contribution in [2.24, 2.45) is 0 Å². The van der Waals surface area contributed by atoms with Crippen LogP contribution in [0.3, 0.4) is 0 Å². The summed E-state index contributed by atoms with van der Waals surface area (Å²) in [5.74, 6) is -0.555. The number of carbonyl (C=O) groups is 1. The molecule has 1 atom stereocenters. The van der Waals surface area contributed by atoms with E-state index in [1.807, 2.05) is 0 Å². The molecule has 0 spiro atoms. The van der Waals surface area contributed by atoms with E-state index in [9.17, 15) is 13.2 Å². The lowest BCUT2D eigenvalue weighted by Crippen LogP contribution is -2.52. The molecule has 0 saturated carbocycles. The number of sulfonamides is 1. The lowest BCUT2D eigenvalue weighted by atomic mass is 10.1. The van der Waals surface area contributed by atoms with Crippen molar-refractivity contribution < 1.29 is 17.9 Å². The summed E-state index contributed by atoms with van der Waals surface area (Å²) < 4.78 is 31.7. The van der Waals surface area contributed by atoms with Gasteiger partial charge in [-0.1, -0.05) is 12.1 Å². The van der Waals surface area contributed by atoms with Crippen LogP contribution in [0.25, 0.3) is 0 Å². The zero-order valence-electron chi connectivity index (χ0n) is 14.9. The molecule has 3 rings (SSSR count). The van der Waals surface area contributed by atoms with E-state index < -0.39 is 16.0 Å². The van der Waals surface area contributed by atoms with Gasteiger partial charge in [-0.3, -0.25) is 4.90 Å². The van der Waals surface area contributed by atoms with Gasteiger partial charge >= 0.3 is 5.97 Å². The number of ether oxygens (including phenoxy) is 1. The SMILES string of the molecule is COC(=O)c1cccc(CS(=O)(=O)N2CCN(C3CCNC3)CC2)c1.Cl. The van der Waals surface area contributed by atoms with Gasteiger partial charge in [0.25, 0.3) is 0 Å². The van der Waals surface area contributed by atoms with E-state index in [4.69, 9.17) is 0 Å². The predicted molar refractivity (Wildman–Crippen MR) is 102 cm³/mol. The monoisotopic (exact) mass is 403 g/mol. The van der Waals surface area contributed by atoms with Crippen molar-refractivity contribution in [2.45, 2.75) is 18.2 Å². The molecule has 2 heterocycles. The lowest BCUT2D eigenvalue weighted by Gasteiger charge is -2.37. The maximum absolute atomic E-state index is 12.7. The van der Waals surface area contributed by atoms with Crippen molar-refractivity contribution in [1.82, 2.24) is 14.5 Å². The molecule has 0 amide bonds. The second-order valence-electron chi connectivity index (χ2n) is 6.53. The van der Waals surface area contributed by atoms with Gasteiger partial charge in [0, 0.05) is 38.8 Å². The molecule has 9 heteroatoms. The Kier molecular flexibility index (Phi) is 7.42. The van der Waals surface area contributed by atoms with E-state index in [1.54, 1.807) is 28.6 Å². The van der Waals surface area contributed by atoms with E-state index in [0.29, 0.717) is 30.3 Å². The van der Waals surface area contributed by atoms with Gasteiger partial charge < -0.3 is 10.1 Å². The topological polar surface area (TPSA) is 79.0 Å². The van der Waals surface area contributed by atoms with Gasteiger partial charge in [-0.2, -0.15) is 4.31 Å². The molecule has 1 aromatic carbocycles. The second kappa shape index (κ2) is 9.14. The molecule has 146 valence electrons. The Labute approximate surface area is 161 Å². The van der Waals surface area contributed by atoms with Crippen molar-refractivity contribution in [2.75, 3.05) is 46.4 Å². The normalized spacial score (nSPS) is 22.0. The summed E-state index contributed by atoms with van der Waals surface area (Å²) in [5.41, 5.74) is 0.971. The van der Waals surface area contributed by atoms with Crippen LogP contribution in [0.15, 0.2) is 24.3 Å².